The van der Waals surface area contributed by atoms with Crippen LogP contribution in [0.4, 0.5) is 0 Å². The molecule has 24 nitrogen and oxygen atoms in total. The highest BCUT2D eigenvalue weighted by Crippen LogP contribution is 2.48. The summed E-state index contributed by atoms with van der Waals surface area (Å²) in [5.41, 5.74) is -1.49. The number of aliphatic hydroxyl groups excluding tert-OH is 7. The molecule has 2 aromatic carbocycles. The van der Waals surface area contributed by atoms with Crippen LogP contribution in [0.5, 0.6) is 17.2 Å². The molecule has 18 unspecified atom stereocenters. The Balaban J connectivity index is 0.962. The van der Waals surface area contributed by atoms with Crippen LogP contribution in [-0.2, 0) is 63.6 Å². The molecule has 2 aliphatic carbocycles. The minimum absolute atomic E-state index is 0.0616. The number of hydrogen-bond acceptors (Lipinski definition) is 24. The quantitative estimate of drug-likeness (QED) is 0.125. The lowest BCUT2D eigenvalue weighted by Crippen LogP contribution is -2.58. The zero-order valence-electron chi connectivity index (χ0n) is 41.9. The van der Waals surface area contributed by atoms with Crippen LogP contribution in [0.25, 0.3) is 10.8 Å². The molecular formula is C50H70O24. The smallest absolute Gasteiger partial charge is 0.217 e. The highest BCUT2D eigenvalue weighted by atomic mass is 17.2. The van der Waals surface area contributed by atoms with Crippen molar-refractivity contribution in [1.82, 2.24) is 0 Å². The van der Waals surface area contributed by atoms with Crippen LogP contribution in [0.15, 0.2) is 12.1 Å². The molecule has 6 fully saturated rings. The predicted molar refractivity (Wildman–Crippen MR) is 247 cm³/mol. The number of Topliss-reactive ketones (excluding diaryl/α,β-unsaturated/α-hetero) is 2. The summed E-state index contributed by atoms with van der Waals surface area (Å²) in [7, 11) is 0. The molecule has 74 heavy (non-hydrogen) atoms. The van der Waals surface area contributed by atoms with Crippen molar-refractivity contribution >= 4 is 22.3 Å². The fourth-order valence-corrected chi connectivity index (χ4v) is 11.2. The van der Waals surface area contributed by atoms with Crippen molar-refractivity contribution in [3.05, 3.63) is 28.8 Å². The number of aliphatic hydroxyl groups is 8. The van der Waals surface area contributed by atoms with Crippen molar-refractivity contribution in [1.29, 1.82) is 0 Å². The molecule has 0 radical (unpaired) electrons. The van der Waals surface area contributed by atoms with Crippen molar-refractivity contribution < 1.29 is 118 Å². The van der Waals surface area contributed by atoms with Crippen molar-refractivity contribution in [2.45, 2.75) is 228 Å². The van der Waals surface area contributed by atoms with Crippen molar-refractivity contribution in [3.8, 4) is 17.2 Å². The third kappa shape index (κ3) is 11.2. The SMILES string of the molecule is Cc1c(O[C@H]2CC(OC3CCC(O)C(O)C3)C(O)[C@@H](C)O2)cc2cc3c(c(O)c2c1O)C(=O)C(OC1CC(OC2CC(OC4CC(C)(O)C(O)OO4)C(O)[C@@H](C)O2)C(O)[C@@H](C)O1)C(C1OCOC([C@@H](C)O)C1=O)C3. The number of rotatable bonds is 12. The fraction of sp³-hybridized carbons (Fsp3) is 0.760. The van der Waals surface area contributed by atoms with E-state index < -0.39 is 170 Å². The monoisotopic (exact) mass is 1050 g/mol. The van der Waals surface area contributed by atoms with E-state index in [9.17, 15) is 55.9 Å². The van der Waals surface area contributed by atoms with Crippen molar-refractivity contribution in [2.24, 2.45) is 5.92 Å². The first-order valence-electron chi connectivity index (χ1n) is 25.4. The minimum Gasteiger partial charge on any atom is -0.507 e. The summed E-state index contributed by atoms with van der Waals surface area (Å²) >= 11 is 0. The van der Waals surface area contributed by atoms with E-state index in [0.29, 0.717) is 12.8 Å². The third-order valence-electron chi connectivity index (χ3n) is 15.5. The van der Waals surface area contributed by atoms with Crippen LogP contribution in [-0.4, -0.2) is 204 Å². The molecular weight excluding hydrogens is 985 g/mol. The average Bonchev–Trinajstić information content (AvgIpc) is 3.33. The van der Waals surface area contributed by atoms with Gasteiger partial charge in [0.15, 0.2) is 30.4 Å². The van der Waals surface area contributed by atoms with Gasteiger partial charge in [-0.3, -0.25) is 9.59 Å². The molecule has 9 rings (SSSR count). The molecule has 5 saturated heterocycles. The molecule has 24 heteroatoms. The minimum atomic E-state index is -1.72. The molecule has 7 aliphatic rings. The largest absolute Gasteiger partial charge is 0.507 e. The number of phenolic OH excluding ortho intramolecular Hbond substituents is 2. The Kier molecular flexibility index (Phi) is 16.6. The topological polar surface area (TPSA) is 347 Å². The molecule has 0 bridgehead atoms. The van der Waals surface area contributed by atoms with Gasteiger partial charge >= 0.3 is 0 Å². The molecule has 0 aromatic heterocycles. The van der Waals surface area contributed by atoms with E-state index in [1.54, 1.807) is 39.8 Å². The molecule has 2 aromatic rings. The van der Waals surface area contributed by atoms with Gasteiger partial charge in [0.1, 0.15) is 66.3 Å². The van der Waals surface area contributed by atoms with Crippen LogP contribution in [0, 0.1) is 12.8 Å². The maximum atomic E-state index is 15.0. The van der Waals surface area contributed by atoms with E-state index in [2.05, 4.69) is 0 Å². The first kappa shape index (κ1) is 55.4. The van der Waals surface area contributed by atoms with Gasteiger partial charge in [-0.15, -0.1) is 0 Å². The second kappa shape index (κ2) is 22.2. The number of fused-ring (bicyclic) bond motifs is 2. The summed E-state index contributed by atoms with van der Waals surface area (Å²) in [6.07, 6.45) is -22.4. The Hall–Kier alpha value is -3.32. The lowest BCUT2D eigenvalue weighted by atomic mass is 9.74. The van der Waals surface area contributed by atoms with Gasteiger partial charge in [0.2, 0.25) is 12.6 Å². The van der Waals surface area contributed by atoms with Gasteiger partial charge in [-0.1, -0.05) is 0 Å². The van der Waals surface area contributed by atoms with Crippen LogP contribution in [0.2, 0.25) is 0 Å². The summed E-state index contributed by atoms with van der Waals surface area (Å²) in [6.45, 7) is 8.63. The van der Waals surface area contributed by atoms with Crippen LogP contribution in [0.1, 0.15) is 101 Å². The van der Waals surface area contributed by atoms with Crippen LogP contribution < -0.4 is 4.74 Å². The Morgan fingerprint density at radius 1 is 0.716 bits per heavy atom. The molecule has 414 valence electrons. The zero-order chi connectivity index (χ0) is 53.2. The number of carbonyl (C=O) groups is 2. The number of hydrogen-bond donors (Lipinski definition) is 10. The lowest BCUT2D eigenvalue weighted by Gasteiger charge is -2.45. The van der Waals surface area contributed by atoms with Crippen molar-refractivity contribution in [3.63, 3.8) is 0 Å². The van der Waals surface area contributed by atoms with E-state index >= 15 is 4.79 Å². The van der Waals surface area contributed by atoms with E-state index in [1.165, 1.54) is 13.8 Å². The number of ketones is 2. The third-order valence-corrected chi connectivity index (χ3v) is 15.5. The van der Waals surface area contributed by atoms with Gasteiger partial charge in [0.05, 0.1) is 72.0 Å². The highest BCUT2D eigenvalue weighted by Gasteiger charge is 2.52. The van der Waals surface area contributed by atoms with E-state index in [4.69, 9.17) is 57.1 Å². The Morgan fingerprint density at radius 2 is 1.31 bits per heavy atom. The molecule has 1 saturated carbocycles. The van der Waals surface area contributed by atoms with E-state index in [-0.39, 0.29) is 71.7 Å². The van der Waals surface area contributed by atoms with Gasteiger partial charge < -0.3 is 98.4 Å². The summed E-state index contributed by atoms with van der Waals surface area (Å²) < 4.78 is 60.7. The molecule has 23 atom stereocenters. The molecule has 0 amide bonds. The summed E-state index contributed by atoms with van der Waals surface area (Å²) in [4.78, 5) is 39.0. The normalized spacial score (nSPS) is 43.7. The van der Waals surface area contributed by atoms with Gasteiger partial charge in [-0.25, -0.2) is 4.89 Å². The Bertz CT molecular complexity index is 2330. The summed E-state index contributed by atoms with van der Waals surface area (Å²) in [5, 5.41) is 109. The number of phenols is 2. The second-order valence-electron chi connectivity index (χ2n) is 21.2. The van der Waals surface area contributed by atoms with Crippen LogP contribution in [0.3, 0.4) is 0 Å². The molecule has 5 aliphatic heterocycles. The summed E-state index contributed by atoms with van der Waals surface area (Å²) in [5.74, 6) is -3.42. The Labute approximate surface area is 425 Å². The van der Waals surface area contributed by atoms with Gasteiger partial charge in [-0.05, 0) is 83.9 Å². The van der Waals surface area contributed by atoms with Gasteiger partial charge in [0, 0.05) is 43.6 Å². The van der Waals surface area contributed by atoms with E-state index in [1.807, 2.05) is 0 Å². The molecule has 10 N–H and O–H groups in total. The van der Waals surface area contributed by atoms with Gasteiger partial charge in [0.25, 0.3) is 0 Å². The standard InChI is InChI=1S/C50H70O24/c1-18-29(69-33-13-30(40(55)20(3)65-33)68-25-7-8-27(52)28(53)12-25)11-24-9-23-10-26(47-45(60)46(19(2)51)63-17-64-47)48(44(59)38(23)43(58)37(24)39(18)54)72-35-15-31(41(56)22(5)67-35)70-34-14-32(42(57)21(4)66-34)71-36-16-50(6,62)49(61)74-73-36/h9,11,19-22,25-28,30-36,40-42,46-49,51-58,61-62H,7-8,10,12-17H2,1-6H3/t19-,20-,21-,22-,25?,26?,27?,28?,30?,31?,32?,33+,34?,35?,36?,40?,41?,42?,46?,47?,48?,49?,50?/m1/s1. The number of benzene rings is 2. The predicted octanol–water partition coefficient (Wildman–Crippen LogP) is 0.0345. The fourth-order valence-electron chi connectivity index (χ4n) is 11.2. The summed E-state index contributed by atoms with van der Waals surface area (Å²) in [6, 6.07) is 3.14. The van der Waals surface area contributed by atoms with Gasteiger partial charge in [-0.2, -0.15) is 4.89 Å². The second-order valence-corrected chi connectivity index (χ2v) is 21.2. The van der Waals surface area contributed by atoms with Crippen LogP contribution >= 0.6 is 0 Å². The first-order valence-corrected chi connectivity index (χ1v) is 25.4. The van der Waals surface area contributed by atoms with Crippen molar-refractivity contribution in [2.75, 3.05) is 6.79 Å². The highest BCUT2D eigenvalue weighted by molar-refractivity contribution is 6.11. The molecule has 5 heterocycles. The zero-order valence-corrected chi connectivity index (χ0v) is 41.9. The maximum Gasteiger partial charge on any atom is 0.217 e. The average molecular weight is 1060 g/mol. The Morgan fingerprint density at radius 3 is 1.93 bits per heavy atom. The number of ether oxygens (including phenoxy) is 10. The first-order chi connectivity index (χ1) is 35.0. The molecule has 0 spiro atoms. The van der Waals surface area contributed by atoms with E-state index in [0.717, 1.165) is 0 Å². The number of aromatic hydroxyl groups is 2. The number of carbonyl (C=O) groups excluding carboxylic acids is 2. The maximum absolute atomic E-state index is 15.0. The lowest BCUT2D eigenvalue weighted by molar-refractivity contribution is -0.491.